The first-order chi connectivity index (χ1) is 10.6. The topological polar surface area (TPSA) is 46.9 Å². The van der Waals surface area contributed by atoms with Crippen LogP contribution in [-0.4, -0.2) is 21.7 Å². The third-order valence-corrected chi connectivity index (χ3v) is 4.99. The minimum Gasteiger partial charge on any atom is -0.351 e. The third kappa shape index (κ3) is 3.87. The van der Waals surface area contributed by atoms with Gasteiger partial charge in [0.1, 0.15) is 6.04 Å². The number of aryl methyl sites for hydroxylation is 1. The molecule has 0 spiro atoms. The van der Waals surface area contributed by atoms with Gasteiger partial charge >= 0.3 is 6.18 Å². The summed E-state index contributed by atoms with van der Waals surface area (Å²) in [5, 5.41) is 6.55. The summed E-state index contributed by atoms with van der Waals surface area (Å²) in [5.41, 5.74) is -0.639. The minimum atomic E-state index is -4.50. The predicted octanol–water partition coefficient (Wildman–Crippen LogP) is 3.71. The van der Waals surface area contributed by atoms with Gasteiger partial charge in [-0.1, -0.05) is 26.7 Å². The Morgan fingerprint density at radius 1 is 1.39 bits per heavy atom. The fraction of sp³-hybridized carbons (Fsp3) is 0.750. The van der Waals surface area contributed by atoms with Crippen molar-refractivity contribution >= 4 is 5.91 Å². The summed E-state index contributed by atoms with van der Waals surface area (Å²) in [7, 11) is 0. The molecular weight excluding hydrogens is 307 g/mol. The zero-order valence-electron chi connectivity index (χ0n) is 13.9. The number of halogens is 3. The van der Waals surface area contributed by atoms with Crippen LogP contribution in [0.1, 0.15) is 57.5 Å². The van der Waals surface area contributed by atoms with E-state index < -0.39 is 17.9 Å². The maximum Gasteiger partial charge on any atom is 0.435 e. The van der Waals surface area contributed by atoms with Gasteiger partial charge in [0.05, 0.1) is 0 Å². The van der Waals surface area contributed by atoms with Crippen LogP contribution in [-0.2, 0) is 11.0 Å². The van der Waals surface area contributed by atoms with Crippen molar-refractivity contribution in [3.63, 3.8) is 0 Å². The Balaban J connectivity index is 2.09. The van der Waals surface area contributed by atoms with E-state index in [0.29, 0.717) is 17.5 Å². The quantitative estimate of drug-likeness (QED) is 0.918. The molecule has 0 bridgehead atoms. The van der Waals surface area contributed by atoms with E-state index in [4.69, 9.17) is 0 Å². The van der Waals surface area contributed by atoms with E-state index in [-0.39, 0.29) is 11.9 Å². The Hall–Kier alpha value is -1.53. The molecule has 0 aromatic carbocycles. The van der Waals surface area contributed by atoms with Gasteiger partial charge in [-0.05, 0) is 38.2 Å². The number of hydrogen-bond acceptors (Lipinski definition) is 2. The number of aromatic nitrogens is 2. The molecule has 4 atom stereocenters. The predicted molar refractivity (Wildman–Crippen MR) is 80.8 cm³/mol. The summed E-state index contributed by atoms with van der Waals surface area (Å²) < 4.78 is 39.4. The van der Waals surface area contributed by atoms with E-state index in [1.807, 2.05) is 0 Å². The SMILES string of the molecule is Cc1cc(C(F)(F)F)nn1[C@H](C)C(=O)N[C@@H]1CCC[C@H](C)[C@H]1C. The standard InChI is InChI=1S/C16H24F3N3O/c1-9-6-5-7-13(11(9)3)20-15(23)12(4)22-10(2)8-14(21-22)16(17,18)19/h8-9,11-13H,5-7H2,1-4H3,(H,20,23)/t9-,11+,12+,13+/m0/s1. The summed E-state index contributed by atoms with van der Waals surface area (Å²) in [4.78, 5) is 12.4. The Morgan fingerprint density at radius 2 is 2.04 bits per heavy atom. The van der Waals surface area contributed by atoms with Gasteiger partial charge in [0.25, 0.3) is 0 Å². The summed E-state index contributed by atoms with van der Waals surface area (Å²) in [5.74, 6) is 0.618. The summed E-state index contributed by atoms with van der Waals surface area (Å²) in [6.07, 6.45) is -1.38. The molecule has 1 aliphatic carbocycles. The fourth-order valence-corrected chi connectivity index (χ4v) is 3.22. The van der Waals surface area contributed by atoms with E-state index in [0.717, 1.165) is 30.0 Å². The summed E-state index contributed by atoms with van der Waals surface area (Å²) >= 11 is 0. The molecule has 4 nitrogen and oxygen atoms in total. The molecule has 1 aliphatic rings. The molecule has 1 heterocycles. The highest BCUT2D eigenvalue weighted by Gasteiger charge is 2.36. The van der Waals surface area contributed by atoms with Crippen molar-refractivity contribution in [1.82, 2.24) is 15.1 Å². The molecule has 7 heteroatoms. The molecule has 23 heavy (non-hydrogen) atoms. The average molecular weight is 331 g/mol. The maximum absolute atomic E-state index is 12.7. The largest absolute Gasteiger partial charge is 0.435 e. The highest BCUT2D eigenvalue weighted by molar-refractivity contribution is 5.80. The van der Waals surface area contributed by atoms with Crippen molar-refractivity contribution in [1.29, 1.82) is 0 Å². The summed E-state index contributed by atoms with van der Waals surface area (Å²) in [6, 6.07) is 0.275. The molecule has 1 fully saturated rings. The van der Waals surface area contributed by atoms with E-state index in [1.54, 1.807) is 6.92 Å². The molecule has 1 aromatic rings. The molecule has 0 saturated heterocycles. The monoisotopic (exact) mass is 331 g/mol. The smallest absolute Gasteiger partial charge is 0.351 e. The Bertz CT molecular complexity index is 567. The van der Waals surface area contributed by atoms with Gasteiger partial charge in [0, 0.05) is 11.7 Å². The van der Waals surface area contributed by atoms with Crippen LogP contribution >= 0.6 is 0 Å². The lowest BCUT2D eigenvalue weighted by Gasteiger charge is -2.35. The molecule has 2 rings (SSSR count). The lowest BCUT2D eigenvalue weighted by atomic mass is 9.78. The van der Waals surface area contributed by atoms with Gasteiger partial charge in [-0.3, -0.25) is 9.48 Å². The molecule has 0 unspecified atom stereocenters. The van der Waals surface area contributed by atoms with Crippen LogP contribution in [0.3, 0.4) is 0 Å². The van der Waals surface area contributed by atoms with Crippen molar-refractivity contribution < 1.29 is 18.0 Å². The van der Waals surface area contributed by atoms with Crippen LogP contribution in [0.5, 0.6) is 0 Å². The first kappa shape index (κ1) is 17.8. The van der Waals surface area contributed by atoms with Crippen molar-refractivity contribution in [3.05, 3.63) is 17.5 Å². The van der Waals surface area contributed by atoms with Crippen LogP contribution in [0.15, 0.2) is 6.07 Å². The van der Waals surface area contributed by atoms with Gasteiger partial charge in [0.15, 0.2) is 5.69 Å². The number of carbonyl (C=O) groups excluding carboxylic acids is 1. The van der Waals surface area contributed by atoms with Crippen molar-refractivity contribution in [2.24, 2.45) is 11.8 Å². The first-order valence-electron chi connectivity index (χ1n) is 8.05. The number of hydrogen-bond donors (Lipinski definition) is 1. The second-order valence-electron chi connectivity index (χ2n) is 6.67. The highest BCUT2D eigenvalue weighted by Crippen LogP contribution is 2.31. The molecule has 0 radical (unpaired) electrons. The Kier molecular flexibility index (Phi) is 5.06. The molecule has 130 valence electrons. The molecular formula is C16H24F3N3O. The van der Waals surface area contributed by atoms with Crippen molar-refractivity contribution in [2.75, 3.05) is 0 Å². The molecule has 0 aliphatic heterocycles. The lowest BCUT2D eigenvalue weighted by molar-refractivity contribution is -0.142. The highest BCUT2D eigenvalue weighted by atomic mass is 19.4. The fourth-order valence-electron chi connectivity index (χ4n) is 3.22. The van der Waals surface area contributed by atoms with Gasteiger partial charge < -0.3 is 5.32 Å². The Labute approximate surface area is 134 Å². The number of rotatable bonds is 3. The van der Waals surface area contributed by atoms with Gasteiger partial charge in [-0.2, -0.15) is 18.3 Å². The Morgan fingerprint density at radius 3 is 2.61 bits per heavy atom. The van der Waals surface area contributed by atoms with Gasteiger partial charge in [-0.15, -0.1) is 0 Å². The van der Waals surface area contributed by atoms with E-state index in [9.17, 15) is 18.0 Å². The van der Waals surface area contributed by atoms with Crippen LogP contribution in [0.25, 0.3) is 0 Å². The number of carbonyl (C=O) groups is 1. The second kappa shape index (κ2) is 6.53. The van der Waals surface area contributed by atoms with Crippen LogP contribution in [0, 0.1) is 18.8 Å². The zero-order chi connectivity index (χ0) is 17.4. The maximum atomic E-state index is 12.7. The average Bonchev–Trinajstić information content (AvgIpc) is 2.85. The lowest BCUT2D eigenvalue weighted by Crippen LogP contribution is -2.46. The van der Waals surface area contributed by atoms with E-state index in [1.165, 1.54) is 6.92 Å². The molecule has 1 N–H and O–H groups in total. The van der Waals surface area contributed by atoms with E-state index in [2.05, 4.69) is 24.3 Å². The van der Waals surface area contributed by atoms with Crippen LogP contribution in [0.4, 0.5) is 13.2 Å². The molecule has 1 amide bonds. The number of nitrogens with one attached hydrogen (secondary N) is 1. The van der Waals surface area contributed by atoms with Gasteiger partial charge in [0.2, 0.25) is 5.91 Å². The van der Waals surface area contributed by atoms with Gasteiger partial charge in [-0.25, -0.2) is 0 Å². The summed E-state index contributed by atoms with van der Waals surface area (Å²) in [6.45, 7) is 7.38. The molecule has 1 aromatic heterocycles. The van der Waals surface area contributed by atoms with Crippen molar-refractivity contribution in [2.45, 2.75) is 65.2 Å². The number of amides is 1. The molecule has 1 saturated carbocycles. The van der Waals surface area contributed by atoms with Crippen molar-refractivity contribution in [3.8, 4) is 0 Å². The van der Waals surface area contributed by atoms with E-state index >= 15 is 0 Å². The third-order valence-electron chi connectivity index (χ3n) is 4.99. The second-order valence-corrected chi connectivity index (χ2v) is 6.67. The number of nitrogens with zero attached hydrogens (tertiary/aromatic N) is 2. The zero-order valence-corrected chi connectivity index (χ0v) is 13.9. The normalized spacial score (nSPS) is 26.8. The van der Waals surface area contributed by atoms with Crippen LogP contribution in [0.2, 0.25) is 0 Å². The minimum absolute atomic E-state index is 0.0756. The first-order valence-corrected chi connectivity index (χ1v) is 8.05. The number of alkyl halides is 3. The van der Waals surface area contributed by atoms with Crippen LogP contribution < -0.4 is 5.32 Å².